The zero-order valence-corrected chi connectivity index (χ0v) is 11.8. The molecule has 104 valence electrons. The van der Waals surface area contributed by atoms with Gasteiger partial charge < -0.3 is 5.73 Å². The first-order chi connectivity index (χ1) is 8.65. The van der Waals surface area contributed by atoms with E-state index in [2.05, 4.69) is 17.6 Å². The van der Waals surface area contributed by atoms with Gasteiger partial charge in [-0.25, -0.2) is 8.42 Å². The van der Waals surface area contributed by atoms with Crippen molar-refractivity contribution < 1.29 is 13.3 Å². The summed E-state index contributed by atoms with van der Waals surface area (Å²) in [7, 11) is -3.98. The number of nitrogens with two attached hydrogens (primary N) is 1. The van der Waals surface area contributed by atoms with Crippen molar-refractivity contribution >= 4 is 33.0 Å². The minimum atomic E-state index is -3.98. The summed E-state index contributed by atoms with van der Waals surface area (Å²) in [5.41, 5.74) is 7.79. The maximum Gasteiger partial charge on any atom is 0.273 e. The molecule has 0 aliphatic rings. The molecular weight excluding hydrogens is 292 g/mol. The predicted octanol–water partition coefficient (Wildman–Crippen LogP) is 0.238. The van der Waals surface area contributed by atoms with Crippen molar-refractivity contribution in [1.29, 1.82) is 0 Å². The Morgan fingerprint density at radius 1 is 1.42 bits per heavy atom. The van der Waals surface area contributed by atoms with Gasteiger partial charge in [-0.1, -0.05) is 0 Å². The Kier molecular flexibility index (Phi) is 4.39. The van der Waals surface area contributed by atoms with Crippen LogP contribution in [0.3, 0.4) is 0 Å². The second-order valence-electron chi connectivity index (χ2n) is 3.74. The van der Waals surface area contributed by atoms with Gasteiger partial charge in [0.05, 0.1) is 9.82 Å². The molecule has 19 heavy (non-hydrogen) atoms. The van der Waals surface area contributed by atoms with Crippen LogP contribution in [0.5, 0.6) is 0 Å². The molecule has 4 N–H and O–H groups in total. The van der Waals surface area contributed by atoms with E-state index in [9.17, 15) is 18.5 Å². The number of nitro benzene ring substituents is 1. The van der Waals surface area contributed by atoms with Gasteiger partial charge in [0, 0.05) is 11.6 Å². The van der Waals surface area contributed by atoms with Crippen molar-refractivity contribution in [1.82, 2.24) is 10.3 Å². The minimum absolute atomic E-state index is 0.244. The molecule has 1 aromatic rings. The van der Waals surface area contributed by atoms with E-state index in [0.29, 0.717) is 11.1 Å². The van der Waals surface area contributed by atoms with E-state index < -0.39 is 14.9 Å². The molecule has 0 fully saturated rings. The van der Waals surface area contributed by atoms with Gasteiger partial charge in [0.1, 0.15) is 0 Å². The monoisotopic (exact) mass is 304 g/mol. The third kappa shape index (κ3) is 3.59. The smallest absolute Gasteiger partial charge is 0.273 e. The fourth-order valence-electron chi connectivity index (χ4n) is 1.33. The average molecular weight is 304 g/mol. The summed E-state index contributed by atoms with van der Waals surface area (Å²) in [6, 6.07) is 2.30. The van der Waals surface area contributed by atoms with Gasteiger partial charge in [-0.15, -0.1) is 4.83 Å². The number of aryl methyl sites for hydroxylation is 1. The molecule has 0 spiro atoms. The molecule has 0 amide bonds. The molecule has 0 aliphatic carbocycles. The van der Waals surface area contributed by atoms with Crippen molar-refractivity contribution in [3.05, 3.63) is 33.4 Å². The molecule has 0 aromatic heterocycles. The van der Waals surface area contributed by atoms with E-state index in [1.54, 1.807) is 13.8 Å². The second kappa shape index (κ2) is 5.47. The molecule has 0 unspecified atom stereocenters. The number of nitrogens with zero attached hydrogens (tertiary/aromatic N) is 1. The van der Waals surface area contributed by atoms with E-state index in [4.69, 9.17) is 5.73 Å². The lowest BCUT2D eigenvalue weighted by atomic mass is 10.1. The molecule has 1 aromatic carbocycles. The van der Waals surface area contributed by atoms with Crippen molar-refractivity contribution in [2.24, 2.45) is 5.73 Å². The summed E-state index contributed by atoms with van der Waals surface area (Å²) in [5, 5.41) is 10.6. The van der Waals surface area contributed by atoms with Crippen molar-refractivity contribution in [2.45, 2.75) is 18.7 Å². The van der Waals surface area contributed by atoms with E-state index in [-0.39, 0.29) is 15.7 Å². The fourth-order valence-corrected chi connectivity index (χ4v) is 2.41. The summed E-state index contributed by atoms with van der Waals surface area (Å²) < 4.78 is 23.7. The van der Waals surface area contributed by atoms with Gasteiger partial charge in [0.2, 0.25) is 0 Å². The van der Waals surface area contributed by atoms with Gasteiger partial charge in [-0.3, -0.25) is 15.5 Å². The number of benzene rings is 1. The lowest BCUT2D eigenvalue weighted by Gasteiger charge is -2.09. The number of hydrogen-bond donors (Lipinski definition) is 3. The highest BCUT2D eigenvalue weighted by atomic mass is 32.2. The Labute approximate surface area is 115 Å². The van der Waals surface area contributed by atoms with Crippen LogP contribution in [0.15, 0.2) is 17.0 Å². The predicted molar refractivity (Wildman–Crippen MR) is 72.8 cm³/mol. The average Bonchev–Trinajstić information content (AvgIpc) is 2.29. The zero-order chi connectivity index (χ0) is 14.8. The molecule has 0 saturated carbocycles. The summed E-state index contributed by atoms with van der Waals surface area (Å²) in [6.45, 7) is 3.13. The Hall–Kier alpha value is -1.78. The number of nitrogens with one attached hydrogen (secondary N) is 2. The van der Waals surface area contributed by atoms with Gasteiger partial charge in [-0.2, -0.15) is 0 Å². The van der Waals surface area contributed by atoms with Gasteiger partial charge in [0.15, 0.2) is 5.11 Å². The first-order valence-corrected chi connectivity index (χ1v) is 6.87. The van der Waals surface area contributed by atoms with Crippen LogP contribution in [-0.2, 0) is 10.0 Å². The van der Waals surface area contributed by atoms with E-state index in [0.717, 1.165) is 6.07 Å². The zero-order valence-electron chi connectivity index (χ0n) is 10.1. The maximum atomic E-state index is 11.9. The van der Waals surface area contributed by atoms with Crippen LogP contribution in [0.2, 0.25) is 0 Å². The molecular formula is C9H12N4O4S2. The second-order valence-corrected chi connectivity index (χ2v) is 5.86. The fraction of sp³-hybridized carbons (Fsp3) is 0.222. The van der Waals surface area contributed by atoms with E-state index in [1.807, 2.05) is 4.83 Å². The van der Waals surface area contributed by atoms with Crippen molar-refractivity contribution in [2.75, 3.05) is 0 Å². The summed E-state index contributed by atoms with van der Waals surface area (Å²) in [5.74, 6) is 0. The Morgan fingerprint density at radius 3 is 2.47 bits per heavy atom. The first-order valence-electron chi connectivity index (χ1n) is 4.98. The molecule has 0 bridgehead atoms. The number of sulfonamides is 1. The Bertz CT molecular complexity index is 642. The summed E-state index contributed by atoms with van der Waals surface area (Å²) >= 11 is 4.46. The third-order valence-corrected chi connectivity index (χ3v) is 3.76. The standard InChI is InChI=1S/C9H12N4O4S2/c1-5-3-7(4-8(6(5)2)13(14)15)19(16,17)12-11-9(10)18/h3-4,12H,1-2H3,(H3,10,11,18). The van der Waals surface area contributed by atoms with Crippen LogP contribution >= 0.6 is 12.2 Å². The lowest BCUT2D eigenvalue weighted by molar-refractivity contribution is -0.385. The summed E-state index contributed by atoms with van der Waals surface area (Å²) in [4.78, 5) is 11.9. The molecule has 0 atom stereocenters. The highest BCUT2D eigenvalue weighted by Crippen LogP contribution is 2.25. The van der Waals surface area contributed by atoms with Crippen molar-refractivity contribution in [3.8, 4) is 0 Å². The quantitative estimate of drug-likeness (QED) is 0.413. The molecule has 1 rings (SSSR count). The van der Waals surface area contributed by atoms with Crippen LogP contribution in [0.25, 0.3) is 0 Å². The third-order valence-electron chi connectivity index (χ3n) is 2.43. The summed E-state index contributed by atoms with van der Waals surface area (Å²) in [6.07, 6.45) is 0. The Morgan fingerprint density at radius 2 is 2.00 bits per heavy atom. The van der Waals surface area contributed by atoms with Gasteiger partial charge in [-0.05, 0) is 37.7 Å². The number of nitro groups is 1. The Balaban J connectivity index is 3.28. The SMILES string of the molecule is Cc1cc(S(=O)(=O)NNC(N)=S)cc([N+](=O)[O-])c1C. The molecule has 10 heteroatoms. The number of hydrazine groups is 1. The number of rotatable bonds is 4. The van der Waals surface area contributed by atoms with E-state index >= 15 is 0 Å². The molecule has 0 heterocycles. The van der Waals surface area contributed by atoms with Crippen LogP contribution in [0.4, 0.5) is 5.69 Å². The maximum absolute atomic E-state index is 11.9. The van der Waals surface area contributed by atoms with Crippen LogP contribution in [-0.4, -0.2) is 18.5 Å². The largest absolute Gasteiger partial charge is 0.375 e. The van der Waals surface area contributed by atoms with Crippen LogP contribution in [0, 0.1) is 24.0 Å². The van der Waals surface area contributed by atoms with Gasteiger partial charge in [0.25, 0.3) is 15.7 Å². The van der Waals surface area contributed by atoms with Crippen LogP contribution in [0.1, 0.15) is 11.1 Å². The normalized spacial score (nSPS) is 11.1. The topological polar surface area (TPSA) is 127 Å². The first kappa shape index (κ1) is 15.3. The minimum Gasteiger partial charge on any atom is -0.375 e. The number of thiocarbonyl (C=S) groups is 1. The van der Waals surface area contributed by atoms with E-state index in [1.165, 1.54) is 6.07 Å². The highest BCUT2D eigenvalue weighted by molar-refractivity contribution is 7.89. The molecule has 0 aliphatic heterocycles. The highest BCUT2D eigenvalue weighted by Gasteiger charge is 2.21. The number of hydrogen-bond acceptors (Lipinski definition) is 5. The van der Waals surface area contributed by atoms with Crippen LogP contribution < -0.4 is 16.0 Å². The molecule has 0 radical (unpaired) electrons. The lowest BCUT2D eigenvalue weighted by Crippen LogP contribution is -2.44. The van der Waals surface area contributed by atoms with Gasteiger partial charge >= 0.3 is 0 Å². The van der Waals surface area contributed by atoms with Crippen molar-refractivity contribution in [3.63, 3.8) is 0 Å². The molecule has 0 saturated heterocycles. The molecule has 8 nitrogen and oxygen atoms in total.